The average molecular weight is 306 g/mol. The third-order valence-corrected chi connectivity index (χ3v) is 4.98. The molecule has 106 valence electrons. The summed E-state index contributed by atoms with van der Waals surface area (Å²) in [5, 5.41) is 12.8. The predicted molar refractivity (Wildman–Crippen MR) is 69.9 cm³/mol. The Kier molecular flexibility index (Phi) is 5.04. The molecular weight excluding hydrogens is 292 g/mol. The van der Waals surface area contributed by atoms with Crippen LogP contribution in [0, 0.1) is 6.92 Å². The number of hydrogen-bond acceptors (Lipinski definition) is 5. The molecule has 0 aromatic carbocycles. The second kappa shape index (κ2) is 6.13. The highest BCUT2D eigenvalue weighted by molar-refractivity contribution is 7.89. The summed E-state index contributed by atoms with van der Waals surface area (Å²) in [5.41, 5.74) is 0.339. The lowest BCUT2D eigenvalue weighted by Crippen LogP contribution is -2.37. The molecule has 0 fully saturated rings. The maximum atomic E-state index is 12.0. The molecule has 0 atom stereocenters. The number of rotatable bonds is 6. The van der Waals surface area contributed by atoms with Gasteiger partial charge in [-0.15, -0.1) is 11.3 Å². The zero-order valence-electron chi connectivity index (χ0n) is 10.4. The zero-order valence-corrected chi connectivity index (χ0v) is 12.0. The summed E-state index contributed by atoms with van der Waals surface area (Å²) in [4.78, 5) is 21.6. The van der Waals surface area contributed by atoms with Crippen molar-refractivity contribution in [3.05, 3.63) is 15.8 Å². The molecule has 0 aliphatic rings. The third kappa shape index (κ3) is 3.75. The monoisotopic (exact) mass is 306 g/mol. The van der Waals surface area contributed by atoms with Crippen molar-refractivity contribution in [2.45, 2.75) is 18.7 Å². The summed E-state index contributed by atoms with van der Waals surface area (Å²) < 4.78 is 26.1. The van der Waals surface area contributed by atoms with E-state index in [1.165, 1.54) is 12.3 Å². The summed E-state index contributed by atoms with van der Waals surface area (Å²) in [6.07, 6.45) is 0. The molecule has 0 saturated carbocycles. The van der Waals surface area contributed by atoms with Gasteiger partial charge in [-0.05, 0) is 24.8 Å². The van der Waals surface area contributed by atoms with E-state index in [9.17, 15) is 18.0 Å². The van der Waals surface area contributed by atoms with Crippen LogP contribution in [0.4, 0.5) is 0 Å². The van der Waals surface area contributed by atoms with Gasteiger partial charge in [0.05, 0.1) is 6.54 Å². The first kappa shape index (κ1) is 15.6. The van der Waals surface area contributed by atoms with Gasteiger partial charge in [-0.3, -0.25) is 4.79 Å². The smallest absolute Gasteiger partial charge is 0.347 e. The Morgan fingerprint density at radius 3 is 2.58 bits per heavy atom. The molecule has 0 aliphatic heterocycles. The highest BCUT2D eigenvalue weighted by atomic mass is 32.2. The van der Waals surface area contributed by atoms with Gasteiger partial charge in [-0.25, -0.2) is 17.9 Å². The second-order valence-electron chi connectivity index (χ2n) is 3.66. The van der Waals surface area contributed by atoms with Crippen molar-refractivity contribution in [2.24, 2.45) is 0 Å². The van der Waals surface area contributed by atoms with Crippen molar-refractivity contribution in [2.75, 3.05) is 13.1 Å². The van der Waals surface area contributed by atoms with E-state index in [0.29, 0.717) is 12.1 Å². The minimum absolute atomic E-state index is 0.263. The quantitative estimate of drug-likeness (QED) is 0.693. The van der Waals surface area contributed by atoms with Crippen LogP contribution >= 0.6 is 11.3 Å². The van der Waals surface area contributed by atoms with Crippen LogP contribution in [-0.2, 0) is 14.8 Å². The molecule has 19 heavy (non-hydrogen) atoms. The maximum absolute atomic E-state index is 12.0. The van der Waals surface area contributed by atoms with Gasteiger partial charge in [0, 0.05) is 6.54 Å². The number of aromatic carboxylic acids is 1. The minimum Gasteiger partial charge on any atom is -0.477 e. The van der Waals surface area contributed by atoms with Gasteiger partial charge in [0.2, 0.25) is 15.9 Å². The molecule has 3 N–H and O–H groups in total. The fourth-order valence-electron chi connectivity index (χ4n) is 1.41. The van der Waals surface area contributed by atoms with Crippen LogP contribution < -0.4 is 10.0 Å². The number of nitrogens with one attached hydrogen (secondary N) is 2. The lowest BCUT2D eigenvalue weighted by atomic mass is 10.3. The number of hydrogen-bond donors (Lipinski definition) is 3. The summed E-state index contributed by atoms with van der Waals surface area (Å²) in [7, 11) is -4.02. The van der Waals surface area contributed by atoms with Gasteiger partial charge in [0.1, 0.15) is 9.77 Å². The number of carbonyl (C=O) groups is 2. The largest absolute Gasteiger partial charge is 0.477 e. The van der Waals surface area contributed by atoms with Crippen molar-refractivity contribution in [1.29, 1.82) is 0 Å². The molecule has 1 aromatic rings. The summed E-state index contributed by atoms with van der Waals surface area (Å²) in [6.45, 7) is 3.17. The Labute approximate surface area is 114 Å². The fourth-order valence-corrected chi connectivity index (χ4v) is 4.02. The van der Waals surface area contributed by atoms with Gasteiger partial charge in [0.15, 0.2) is 0 Å². The lowest BCUT2D eigenvalue weighted by Gasteiger charge is -2.07. The van der Waals surface area contributed by atoms with E-state index in [4.69, 9.17) is 5.11 Å². The molecule has 0 unspecified atom stereocenters. The molecule has 7 nitrogen and oxygen atoms in total. The van der Waals surface area contributed by atoms with Gasteiger partial charge in [-0.1, -0.05) is 0 Å². The van der Waals surface area contributed by atoms with Crippen molar-refractivity contribution in [3.63, 3.8) is 0 Å². The number of carboxylic acid groups (broad SMARTS) is 1. The van der Waals surface area contributed by atoms with Crippen molar-refractivity contribution in [1.82, 2.24) is 10.0 Å². The van der Waals surface area contributed by atoms with Crippen molar-refractivity contribution >= 4 is 33.2 Å². The molecule has 0 spiro atoms. The number of likely N-dealkylation sites (N-methyl/N-ethyl adjacent to an activating group) is 1. The molecule has 1 amide bonds. The molecule has 0 bridgehead atoms. The Morgan fingerprint density at radius 2 is 2.05 bits per heavy atom. The van der Waals surface area contributed by atoms with E-state index < -0.39 is 28.4 Å². The highest BCUT2D eigenvalue weighted by Gasteiger charge is 2.26. The van der Waals surface area contributed by atoms with E-state index in [-0.39, 0.29) is 9.77 Å². The number of amides is 1. The van der Waals surface area contributed by atoms with Crippen molar-refractivity contribution in [3.8, 4) is 0 Å². The molecule has 0 radical (unpaired) electrons. The van der Waals surface area contributed by atoms with Crippen LogP contribution in [0.15, 0.2) is 10.3 Å². The average Bonchev–Trinajstić information content (AvgIpc) is 2.70. The SMILES string of the molecule is CCNC(=O)CNS(=O)(=O)c1c(C)csc1C(=O)O. The molecule has 0 saturated heterocycles. The number of sulfonamides is 1. The Bertz CT molecular complexity index is 591. The van der Waals surface area contributed by atoms with E-state index in [2.05, 4.69) is 10.0 Å². The van der Waals surface area contributed by atoms with Crippen molar-refractivity contribution < 1.29 is 23.1 Å². The molecule has 1 rings (SSSR count). The standard InChI is InChI=1S/C10H14N2O5S2/c1-3-11-7(13)4-12-19(16,17)9-6(2)5-18-8(9)10(14)15/h5,12H,3-4H2,1-2H3,(H,11,13)(H,14,15). The summed E-state index contributed by atoms with van der Waals surface area (Å²) >= 11 is 0.836. The number of aryl methyl sites for hydroxylation is 1. The van der Waals surface area contributed by atoms with E-state index in [1.807, 2.05) is 0 Å². The summed E-state index contributed by atoms with van der Waals surface area (Å²) in [5.74, 6) is -1.78. The van der Waals surface area contributed by atoms with Crippen LogP contribution in [-0.4, -0.2) is 38.5 Å². The molecule has 1 heterocycles. The topological polar surface area (TPSA) is 113 Å². The third-order valence-electron chi connectivity index (χ3n) is 2.18. The minimum atomic E-state index is -4.02. The lowest BCUT2D eigenvalue weighted by molar-refractivity contribution is -0.119. The number of carbonyl (C=O) groups excluding carboxylic acids is 1. The normalized spacial score (nSPS) is 11.3. The highest BCUT2D eigenvalue weighted by Crippen LogP contribution is 2.26. The first-order chi connectivity index (χ1) is 8.79. The zero-order chi connectivity index (χ0) is 14.6. The molecule has 0 aliphatic carbocycles. The first-order valence-electron chi connectivity index (χ1n) is 5.37. The van der Waals surface area contributed by atoms with Gasteiger partial charge in [0.25, 0.3) is 0 Å². The molecular formula is C10H14N2O5S2. The Balaban J connectivity index is 2.98. The van der Waals surface area contributed by atoms with Crippen LogP contribution in [0.2, 0.25) is 0 Å². The van der Waals surface area contributed by atoms with Gasteiger partial charge < -0.3 is 10.4 Å². The van der Waals surface area contributed by atoms with Crippen LogP contribution in [0.3, 0.4) is 0 Å². The molecule has 1 aromatic heterocycles. The first-order valence-corrected chi connectivity index (χ1v) is 7.73. The van der Waals surface area contributed by atoms with Gasteiger partial charge in [-0.2, -0.15) is 0 Å². The predicted octanol–water partition coefficient (Wildman–Crippen LogP) is 0.169. The van der Waals surface area contributed by atoms with E-state index in [0.717, 1.165) is 11.3 Å². The Hall–Kier alpha value is -1.45. The summed E-state index contributed by atoms with van der Waals surface area (Å²) in [6, 6.07) is 0. The number of thiophene rings is 1. The number of carboxylic acids is 1. The molecule has 9 heteroatoms. The Morgan fingerprint density at radius 1 is 1.42 bits per heavy atom. The van der Waals surface area contributed by atoms with Crippen LogP contribution in [0.5, 0.6) is 0 Å². The van der Waals surface area contributed by atoms with Gasteiger partial charge >= 0.3 is 5.97 Å². The fraction of sp³-hybridized carbons (Fsp3) is 0.400. The van der Waals surface area contributed by atoms with E-state index >= 15 is 0 Å². The maximum Gasteiger partial charge on any atom is 0.347 e. The second-order valence-corrected chi connectivity index (χ2v) is 6.24. The van der Waals surface area contributed by atoms with Crippen LogP contribution in [0.1, 0.15) is 22.2 Å². The van der Waals surface area contributed by atoms with Crippen LogP contribution in [0.25, 0.3) is 0 Å². The van der Waals surface area contributed by atoms with E-state index in [1.54, 1.807) is 6.92 Å².